The molecule has 0 radical (unpaired) electrons. The van der Waals surface area contributed by atoms with Crippen LogP contribution in [0, 0.1) is 6.92 Å². The van der Waals surface area contributed by atoms with Gasteiger partial charge in [-0.05, 0) is 51.8 Å². The Labute approximate surface area is 133 Å². The van der Waals surface area contributed by atoms with Gasteiger partial charge >= 0.3 is 0 Å². The summed E-state index contributed by atoms with van der Waals surface area (Å²) in [5.74, 6) is 0. The number of ether oxygens (including phenoxy) is 1. The molecule has 21 heavy (non-hydrogen) atoms. The van der Waals surface area contributed by atoms with Crippen molar-refractivity contribution >= 4 is 11.6 Å². The van der Waals surface area contributed by atoms with Crippen molar-refractivity contribution in [3.05, 3.63) is 34.3 Å². The van der Waals surface area contributed by atoms with Gasteiger partial charge in [0, 0.05) is 30.7 Å². The van der Waals surface area contributed by atoms with Gasteiger partial charge in [-0.2, -0.15) is 0 Å². The Morgan fingerprint density at radius 3 is 2.29 bits per heavy atom. The molecule has 1 aliphatic heterocycles. The number of nitrogens with two attached hydrogens (primary N) is 1. The van der Waals surface area contributed by atoms with Crippen molar-refractivity contribution < 1.29 is 4.74 Å². The number of rotatable bonds is 3. The van der Waals surface area contributed by atoms with E-state index in [1.165, 1.54) is 5.56 Å². The Balaban J connectivity index is 2.29. The van der Waals surface area contributed by atoms with Gasteiger partial charge < -0.3 is 10.5 Å². The van der Waals surface area contributed by atoms with Crippen molar-refractivity contribution in [1.29, 1.82) is 0 Å². The number of hydrogen-bond donors (Lipinski definition) is 1. The van der Waals surface area contributed by atoms with Gasteiger partial charge in [-0.3, -0.25) is 4.90 Å². The van der Waals surface area contributed by atoms with Gasteiger partial charge in [0.25, 0.3) is 0 Å². The van der Waals surface area contributed by atoms with Crippen LogP contribution in [-0.4, -0.2) is 35.7 Å². The zero-order chi connectivity index (χ0) is 15.8. The van der Waals surface area contributed by atoms with Crippen LogP contribution >= 0.6 is 11.6 Å². The maximum atomic E-state index is 6.28. The maximum absolute atomic E-state index is 6.28. The highest BCUT2D eigenvalue weighted by Gasteiger charge is 2.40. The molecule has 0 amide bonds. The van der Waals surface area contributed by atoms with E-state index >= 15 is 0 Å². The molecule has 2 rings (SSSR count). The standard InChI is InChI=1S/C17H27ClN2O/c1-12-6-7-13(8-14(12)18)15(9-19)20-10-16(2,3)21-17(4,5)11-20/h6-8,15H,9-11,19H2,1-5H3. The van der Waals surface area contributed by atoms with Gasteiger partial charge in [0.1, 0.15) is 0 Å². The topological polar surface area (TPSA) is 38.5 Å². The van der Waals surface area contributed by atoms with Crippen LogP contribution in [-0.2, 0) is 4.74 Å². The van der Waals surface area contributed by atoms with Crippen LogP contribution in [0.3, 0.4) is 0 Å². The molecular weight excluding hydrogens is 284 g/mol. The normalized spacial score (nSPS) is 23.0. The summed E-state index contributed by atoms with van der Waals surface area (Å²) in [4.78, 5) is 2.42. The van der Waals surface area contributed by atoms with Crippen LogP contribution in [0.15, 0.2) is 18.2 Å². The quantitative estimate of drug-likeness (QED) is 0.928. The van der Waals surface area contributed by atoms with E-state index in [9.17, 15) is 0 Å². The third-order valence-electron chi connectivity index (χ3n) is 3.97. The third-order valence-corrected chi connectivity index (χ3v) is 4.37. The average molecular weight is 311 g/mol. The van der Waals surface area contributed by atoms with Crippen molar-refractivity contribution in [3.8, 4) is 0 Å². The molecule has 4 heteroatoms. The fourth-order valence-corrected chi connectivity index (χ4v) is 3.57. The molecule has 0 aliphatic carbocycles. The second-order valence-electron chi connectivity index (χ2n) is 7.29. The van der Waals surface area contributed by atoms with Crippen molar-refractivity contribution in [2.75, 3.05) is 19.6 Å². The monoisotopic (exact) mass is 310 g/mol. The number of aryl methyl sites for hydroxylation is 1. The van der Waals surface area contributed by atoms with E-state index in [0.29, 0.717) is 6.54 Å². The van der Waals surface area contributed by atoms with Gasteiger partial charge in [-0.25, -0.2) is 0 Å². The number of morpholine rings is 1. The minimum Gasteiger partial charge on any atom is -0.367 e. The van der Waals surface area contributed by atoms with E-state index in [4.69, 9.17) is 22.1 Å². The second-order valence-corrected chi connectivity index (χ2v) is 7.69. The Morgan fingerprint density at radius 1 is 1.24 bits per heavy atom. The van der Waals surface area contributed by atoms with Crippen LogP contribution in [0.25, 0.3) is 0 Å². The second kappa shape index (κ2) is 5.88. The van der Waals surface area contributed by atoms with Crippen molar-refractivity contribution in [3.63, 3.8) is 0 Å². The first-order chi connectivity index (χ1) is 9.63. The summed E-state index contributed by atoms with van der Waals surface area (Å²) in [6, 6.07) is 6.42. The minimum absolute atomic E-state index is 0.172. The largest absolute Gasteiger partial charge is 0.367 e. The number of halogens is 1. The highest BCUT2D eigenvalue weighted by molar-refractivity contribution is 6.31. The fraction of sp³-hybridized carbons (Fsp3) is 0.647. The zero-order valence-corrected chi connectivity index (χ0v) is 14.5. The van der Waals surface area contributed by atoms with Gasteiger partial charge in [-0.15, -0.1) is 0 Å². The van der Waals surface area contributed by atoms with Gasteiger partial charge in [0.05, 0.1) is 11.2 Å². The number of nitrogens with zero attached hydrogens (tertiary/aromatic N) is 1. The summed E-state index contributed by atoms with van der Waals surface area (Å²) in [5.41, 5.74) is 8.00. The zero-order valence-electron chi connectivity index (χ0n) is 13.7. The summed E-state index contributed by atoms with van der Waals surface area (Å²) in [6.07, 6.45) is 0. The minimum atomic E-state index is -0.177. The average Bonchev–Trinajstić information content (AvgIpc) is 2.30. The van der Waals surface area contributed by atoms with Crippen LogP contribution in [0.2, 0.25) is 5.02 Å². The number of hydrogen-bond acceptors (Lipinski definition) is 3. The summed E-state index contributed by atoms with van der Waals surface area (Å²) in [6.45, 7) is 12.9. The molecule has 1 fully saturated rings. The molecule has 0 saturated carbocycles. The summed E-state index contributed by atoms with van der Waals surface area (Å²) in [7, 11) is 0. The molecule has 0 spiro atoms. The van der Waals surface area contributed by atoms with Crippen molar-refractivity contribution in [1.82, 2.24) is 4.90 Å². The van der Waals surface area contributed by atoms with Crippen molar-refractivity contribution in [2.45, 2.75) is 51.9 Å². The predicted octanol–water partition coefficient (Wildman–Crippen LogP) is 3.54. The molecule has 1 heterocycles. The van der Waals surface area contributed by atoms with E-state index in [2.05, 4.69) is 44.7 Å². The first kappa shape index (κ1) is 16.8. The lowest BCUT2D eigenvalue weighted by Crippen LogP contribution is -2.58. The Hall–Kier alpha value is -0.610. The van der Waals surface area contributed by atoms with Gasteiger partial charge in [0.2, 0.25) is 0 Å². The van der Waals surface area contributed by atoms with Crippen LogP contribution < -0.4 is 5.73 Å². The van der Waals surface area contributed by atoms with Crippen LogP contribution in [0.4, 0.5) is 0 Å². The molecule has 1 unspecified atom stereocenters. The number of benzene rings is 1. The van der Waals surface area contributed by atoms with E-state index in [0.717, 1.165) is 23.7 Å². The highest BCUT2D eigenvalue weighted by atomic mass is 35.5. The smallest absolute Gasteiger partial charge is 0.0761 e. The molecule has 1 saturated heterocycles. The SMILES string of the molecule is Cc1ccc(C(CN)N2CC(C)(C)OC(C)(C)C2)cc1Cl. The van der Waals surface area contributed by atoms with Crippen LogP contribution in [0.1, 0.15) is 44.9 Å². The molecule has 1 aromatic rings. The first-order valence-electron chi connectivity index (χ1n) is 7.54. The molecule has 0 bridgehead atoms. The van der Waals surface area contributed by atoms with E-state index in [1.807, 2.05) is 13.0 Å². The molecular formula is C17H27ClN2O. The molecule has 3 nitrogen and oxygen atoms in total. The lowest BCUT2D eigenvalue weighted by atomic mass is 9.94. The molecule has 1 aliphatic rings. The lowest BCUT2D eigenvalue weighted by molar-refractivity contribution is -0.187. The fourth-order valence-electron chi connectivity index (χ4n) is 3.38. The first-order valence-corrected chi connectivity index (χ1v) is 7.92. The predicted molar refractivity (Wildman–Crippen MR) is 88.8 cm³/mol. The molecule has 1 aromatic carbocycles. The molecule has 0 aromatic heterocycles. The van der Waals surface area contributed by atoms with Crippen LogP contribution in [0.5, 0.6) is 0 Å². The summed E-state index contributed by atoms with van der Waals surface area (Å²) in [5, 5.41) is 0.803. The van der Waals surface area contributed by atoms with E-state index in [1.54, 1.807) is 0 Å². The Morgan fingerprint density at radius 2 is 1.81 bits per heavy atom. The Kier molecular flexibility index (Phi) is 4.69. The highest BCUT2D eigenvalue weighted by Crippen LogP contribution is 2.34. The molecule has 118 valence electrons. The molecule has 1 atom stereocenters. The van der Waals surface area contributed by atoms with Gasteiger partial charge in [0.15, 0.2) is 0 Å². The summed E-state index contributed by atoms with van der Waals surface area (Å²) < 4.78 is 6.16. The lowest BCUT2D eigenvalue weighted by Gasteiger charge is -2.49. The van der Waals surface area contributed by atoms with Gasteiger partial charge in [-0.1, -0.05) is 23.7 Å². The Bertz CT molecular complexity index is 498. The summed E-state index contributed by atoms with van der Waals surface area (Å²) >= 11 is 6.28. The van der Waals surface area contributed by atoms with E-state index in [-0.39, 0.29) is 17.2 Å². The van der Waals surface area contributed by atoms with Crippen molar-refractivity contribution in [2.24, 2.45) is 5.73 Å². The maximum Gasteiger partial charge on any atom is 0.0761 e. The third kappa shape index (κ3) is 3.98. The molecule has 2 N–H and O–H groups in total. The van der Waals surface area contributed by atoms with E-state index < -0.39 is 0 Å².